The van der Waals surface area contributed by atoms with Gasteiger partial charge < -0.3 is 4.84 Å². The molecule has 0 unspecified atom stereocenters. The third-order valence-electron chi connectivity index (χ3n) is 0.771. The number of nitrogens with one attached hydrogen (secondary N) is 1. The standard InChI is InChI=1S/C4H7N2O/c1-2-6-3-4-7-5-6/h3,5H,2H2,1H3. The lowest BCUT2D eigenvalue weighted by atomic mass is 10.7. The average molecular weight is 99.1 g/mol. The number of rotatable bonds is 1. The van der Waals surface area contributed by atoms with E-state index in [2.05, 4.69) is 16.7 Å². The highest BCUT2D eigenvalue weighted by molar-refractivity contribution is 4.67. The minimum Gasteiger partial charge on any atom is -0.383 e. The lowest BCUT2D eigenvalue weighted by molar-refractivity contribution is 0.0306. The van der Waals surface area contributed by atoms with Gasteiger partial charge in [-0.2, -0.15) is 0 Å². The average Bonchev–Trinajstić information content (AvgIpc) is 2.14. The summed E-state index contributed by atoms with van der Waals surface area (Å²) in [7, 11) is 0. The Hall–Kier alpha value is -0.700. The highest BCUT2D eigenvalue weighted by Crippen LogP contribution is 1.89. The van der Waals surface area contributed by atoms with Crippen LogP contribution < -0.4 is 5.59 Å². The molecule has 0 saturated carbocycles. The van der Waals surface area contributed by atoms with Crippen LogP contribution in [0.5, 0.6) is 0 Å². The van der Waals surface area contributed by atoms with Crippen LogP contribution in [-0.2, 0) is 4.84 Å². The molecule has 1 heterocycles. The summed E-state index contributed by atoms with van der Waals surface area (Å²) in [5.74, 6) is 0. The normalized spacial score (nSPS) is 17.6. The second-order valence-corrected chi connectivity index (χ2v) is 1.23. The van der Waals surface area contributed by atoms with Crippen molar-refractivity contribution in [3.8, 4) is 0 Å². The molecule has 0 amide bonds. The first-order valence-corrected chi connectivity index (χ1v) is 2.20. The van der Waals surface area contributed by atoms with Gasteiger partial charge in [-0.05, 0) is 6.92 Å². The van der Waals surface area contributed by atoms with Gasteiger partial charge in [0.25, 0.3) is 0 Å². The van der Waals surface area contributed by atoms with Crippen LogP contribution in [0.3, 0.4) is 0 Å². The molecule has 1 N–H and O–H groups in total. The van der Waals surface area contributed by atoms with Crippen LogP contribution in [0.1, 0.15) is 6.92 Å². The zero-order valence-corrected chi connectivity index (χ0v) is 4.14. The van der Waals surface area contributed by atoms with Crippen molar-refractivity contribution >= 4 is 0 Å². The maximum atomic E-state index is 4.52. The van der Waals surface area contributed by atoms with Gasteiger partial charge >= 0.3 is 0 Å². The maximum Gasteiger partial charge on any atom is 0.213 e. The first kappa shape index (κ1) is 4.46. The summed E-state index contributed by atoms with van der Waals surface area (Å²) in [4.78, 5) is 4.52. The summed E-state index contributed by atoms with van der Waals surface area (Å²) in [6.07, 6.45) is 4.22. The minimum atomic E-state index is 0.896. The van der Waals surface area contributed by atoms with E-state index in [4.69, 9.17) is 0 Å². The van der Waals surface area contributed by atoms with E-state index >= 15 is 0 Å². The molecule has 0 spiro atoms. The maximum absolute atomic E-state index is 4.52. The van der Waals surface area contributed by atoms with Crippen LogP contribution in [0, 0.1) is 6.26 Å². The molecule has 3 nitrogen and oxygen atoms in total. The number of hydrazine groups is 1. The molecular formula is C4H7N2O. The summed E-state index contributed by atoms with van der Waals surface area (Å²) >= 11 is 0. The van der Waals surface area contributed by atoms with Crippen molar-refractivity contribution in [1.29, 1.82) is 0 Å². The van der Waals surface area contributed by atoms with Gasteiger partial charge in [0.2, 0.25) is 6.26 Å². The molecule has 7 heavy (non-hydrogen) atoms. The van der Waals surface area contributed by atoms with Gasteiger partial charge in [0.15, 0.2) is 0 Å². The molecule has 0 saturated heterocycles. The summed E-state index contributed by atoms with van der Waals surface area (Å²) in [5, 5.41) is 1.78. The van der Waals surface area contributed by atoms with Gasteiger partial charge in [-0.3, -0.25) is 5.01 Å². The van der Waals surface area contributed by atoms with Crippen LogP contribution in [-0.4, -0.2) is 11.6 Å². The summed E-state index contributed by atoms with van der Waals surface area (Å²) in [5.41, 5.74) is 2.57. The predicted octanol–water partition coefficient (Wildman–Crippen LogP) is 0.0325. The Morgan fingerprint density at radius 1 is 2.00 bits per heavy atom. The molecule has 0 aliphatic carbocycles. The predicted molar refractivity (Wildman–Crippen MR) is 24.4 cm³/mol. The van der Waals surface area contributed by atoms with Crippen molar-refractivity contribution in [3.05, 3.63) is 12.5 Å². The molecule has 1 radical (unpaired) electrons. The lowest BCUT2D eigenvalue weighted by Crippen LogP contribution is -2.26. The SMILES string of the molecule is CCN1C=[C]ON1. The molecule has 1 aliphatic rings. The topological polar surface area (TPSA) is 24.5 Å². The van der Waals surface area contributed by atoms with Crippen LogP contribution in [0.25, 0.3) is 0 Å². The molecule has 3 heteroatoms. The Labute approximate surface area is 42.5 Å². The Balaban J connectivity index is 2.28. The zero-order valence-electron chi connectivity index (χ0n) is 4.14. The van der Waals surface area contributed by atoms with Gasteiger partial charge in [-0.15, -0.1) is 0 Å². The molecule has 0 aromatic rings. The van der Waals surface area contributed by atoms with Crippen molar-refractivity contribution in [2.24, 2.45) is 0 Å². The number of hydrogen-bond acceptors (Lipinski definition) is 3. The molecular weight excluding hydrogens is 92.1 g/mol. The van der Waals surface area contributed by atoms with E-state index in [0.29, 0.717) is 0 Å². The second-order valence-electron chi connectivity index (χ2n) is 1.23. The van der Waals surface area contributed by atoms with Crippen molar-refractivity contribution in [2.75, 3.05) is 6.54 Å². The van der Waals surface area contributed by atoms with Gasteiger partial charge in [0.05, 0.1) is 6.20 Å². The van der Waals surface area contributed by atoms with E-state index in [9.17, 15) is 0 Å². The quantitative estimate of drug-likeness (QED) is 0.502. The Kier molecular flexibility index (Phi) is 1.17. The van der Waals surface area contributed by atoms with Crippen molar-refractivity contribution < 1.29 is 4.84 Å². The molecule has 0 aromatic carbocycles. The first-order chi connectivity index (χ1) is 3.43. The summed E-state index contributed by atoms with van der Waals surface area (Å²) in [6.45, 7) is 2.91. The third-order valence-corrected chi connectivity index (χ3v) is 0.771. The van der Waals surface area contributed by atoms with Crippen LogP contribution in [0.2, 0.25) is 0 Å². The lowest BCUT2D eigenvalue weighted by Gasteiger charge is -2.07. The highest BCUT2D eigenvalue weighted by atomic mass is 16.7. The highest BCUT2D eigenvalue weighted by Gasteiger charge is 1.98. The molecule has 39 valence electrons. The third kappa shape index (κ3) is 0.838. The smallest absolute Gasteiger partial charge is 0.213 e. The van der Waals surface area contributed by atoms with Crippen molar-refractivity contribution in [2.45, 2.75) is 6.92 Å². The zero-order chi connectivity index (χ0) is 5.11. The first-order valence-electron chi connectivity index (χ1n) is 2.20. The van der Waals surface area contributed by atoms with E-state index < -0.39 is 0 Å². The summed E-state index contributed by atoms with van der Waals surface area (Å²) in [6, 6.07) is 0. The van der Waals surface area contributed by atoms with Gasteiger partial charge in [-0.25, -0.2) is 0 Å². The molecule has 0 fully saturated rings. The van der Waals surface area contributed by atoms with Gasteiger partial charge in [-0.1, -0.05) is 5.59 Å². The fraction of sp³-hybridized carbons (Fsp3) is 0.500. The van der Waals surface area contributed by atoms with E-state index in [1.165, 1.54) is 0 Å². The monoisotopic (exact) mass is 99.1 g/mol. The fourth-order valence-electron chi connectivity index (χ4n) is 0.357. The molecule has 0 atom stereocenters. The van der Waals surface area contributed by atoms with Crippen molar-refractivity contribution in [3.63, 3.8) is 0 Å². The van der Waals surface area contributed by atoms with E-state index in [1.54, 1.807) is 11.2 Å². The largest absolute Gasteiger partial charge is 0.383 e. The van der Waals surface area contributed by atoms with Gasteiger partial charge in [0, 0.05) is 6.54 Å². The minimum absolute atomic E-state index is 0.896. The second kappa shape index (κ2) is 1.84. The Morgan fingerprint density at radius 3 is 3.14 bits per heavy atom. The van der Waals surface area contributed by atoms with E-state index in [0.717, 1.165) is 6.54 Å². The van der Waals surface area contributed by atoms with Crippen LogP contribution in [0.4, 0.5) is 0 Å². The number of nitrogens with zero attached hydrogens (tertiary/aromatic N) is 1. The number of hydrogen-bond donors (Lipinski definition) is 1. The summed E-state index contributed by atoms with van der Waals surface area (Å²) < 4.78 is 0. The van der Waals surface area contributed by atoms with Gasteiger partial charge in [0.1, 0.15) is 0 Å². The van der Waals surface area contributed by atoms with E-state index in [-0.39, 0.29) is 0 Å². The Morgan fingerprint density at radius 2 is 2.86 bits per heavy atom. The fourth-order valence-corrected chi connectivity index (χ4v) is 0.357. The van der Waals surface area contributed by atoms with Crippen molar-refractivity contribution in [1.82, 2.24) is 10.6 Å². The van der Waals surface area contributed by atoms with Crippen LogP contribution >= 0.6 is 0 Å². The molecule has 0 bridgehead atoms. The Bertz CT molecular complexity index is 81.8. The molecule has 0 aromatic heterocycles. The molecule has 1 rings (SSSR count). The van der Waals surface area contributed by atoms with E-state index in [1.807, 2.05) is 6.92 Å². The molecule has 1 aliphatic heterocycles. The van der Waals surface area contributed by atoms with Crippen LogP contribution in [0.15, 0.2) is 6.20 Å².